The number of halogens is 2. The van der Waals surface area contributed by atoms with Crippen molar-refractivity contribution in [1.29, 1.82) is 0 Å². The molecule has 2 rings (SSSR count). The van der Waals surface area contributed by atoms with Gasteiger partial charge >= 0.3 is 10.2 Å². The second-order valence-electron chi connectivity index (χ2n) is 4.21. The number of amides is 1. The van der Waals surface area contributed by atoms with Crippen LogP contribution in [0.4, 0.5) is 14.0 Å². The Hall–Kier alpha value is -1.50. The zero-order valence-corrected chi connectivity index (χ0v) is 10.4. The molecule has 1 saturated heterocycles. The van der Waals surface area contributed by atoms with Crippen LogP contribution < -0.4 is 4.90 Å². The van der Waals surface area contributed by atoms with E-state index in [-0.39, 0.29) is 12.2 Å². The molecule has 1 aromatic rings. The highest BCUT2D eigenvalue weighted by molar-refractivity contribution is 7.87. The number of hydrogen-bond acceptors (Lipinski definition) is 3. The summed E-state index contributed by atoms with van der Waals surface area (Å²) in [6.07, 6.45) is -0.452. The Morgan fingerprint density at radius 3 is 2.61 bits per heavy atom. The summed E-state index contributed by atoms with van der Waals surface area (Å²) in [7, 11) is -4.78. The van der Waals surface area contributed by atoms with Gasteiger partial charge in [0.25, 0.3) is 0 Å². The first-order valence-electron chi connectivity index (χ1n) is 5.29. The molecule has 1 heterocycles. The molecule has 1 aromatic carbocycles. The lowest BCUT2D eigenvalue weighted by Gasteiger charge is -2.17. The molecule has 0 radical (unpaired) electrons. The third-order valence-corrected chi connectivity index (χ3v) is 4.06. The summed E-state index contributed by atoms with van der Waals surface area (Å²) in [4.78, 5) is 12.6. The molecule has 0 saturated carbocycles. The van der Waals surface area contributed by atoms with E-state index in [1.54, 1.807) is 6.07 Å². The van der Waals surface area contributed by atoms with E-state index in [2.05, 4.69) is 0 Å². The first kappa shape index (κ1) is 12.9. The number of benzene rings is 1. The van der Waals surface area contributed by atoms with Crippen LogP contribution in [0.5, 0.6) is 0 Å². The highest BCUT2D eigenvalue weighted by atomic mass is 32.3. The molecule has 0 aliphatic carbocycles. The number of hydrogen-bond donors (Lipinski definition) is 0. The Labute approximate surface area is 103 Å². The van der Waals surface area contributed by atoms with Gasteiger partial charge in [0.05, 0.1) is 5.69 Å². The SMILES string of the molecule is Cc1cccc(N2CC(S(=O)(=O)F)CC2=O)c1F. The molecule has 0 N–H and O–H groups in total. The topological polar surface area (TPSA) is 54.5 Å². The highest BCUT2D eigenvalue weighted by Crippen LogP contribution is 2.29. The molecule has 1 aliphatic heterocycles. The van der Waals surface area contributed by atoms with Crippen LogP contribution in [0.1, 0.15) is 12.0 Å². The van der Waals surface area contributed by atoms with Gasteiger partial charge in [0, 0.05) is 13.0 Å². The first-order valence-corrected chi connectivity index (χ1v) is 6.74. The Kier molecular flexibility index (Phi) is 3.10. The number of carbonyl (C=O) groups excluding carboxylic acids is 1. The number of carbonyl (C=O) groups is 1. The maximum Gasteiger partial charge on any atom is 0.307 e. The van der Waals surface area contributed by atoms with Crippen molar-refractivity contribution in [2.24, 2.45) is 0 Å². The normalized spacial score (nSPS) is 20.5. The molecule has 1 fully saturated rings. The first-order chi connectivity index (χ1) is 8.30. The fraction of sp³-hybridized carbons (Fsp3) is 0.364. The minimum Gasteiger partial charge on any atom is -0.308 e. The van der Waals surface area contributed by atoms with Gasteiger partial charge in [-0.3, -0.25) is 4.79 Å². The van der Waals surface area contributed by atoms with Crippen LogP contribution in [-0.4, -0.2) is 26.1 Å². The summed E-state index contributed by atoms with van der Waals surface area (Å²) < 4.78 is 48.2. The molecular formula is C11H11F2NO3S. The van der Waals surface area contributed by atoms with E-state index in [1.165, 1.54) is 19.1 Å². The summed E-state index contributed by atoms with van der Waals surface area (Å²) in [5.41, 5.74) is 0.331. The van der Waals surface area contributed by atoms with Crippen LogP contribution in [0.25, 0.3) is 0 Å². The Morgan fingerprint density at radius 2 is 2.06 bits per heavy atom. The predicted octanol–water partition coefficient (Wildman–Crippen LogP) is 1.54. The molecule has 7 heteroatoms. The number of rotatable bonds is 2. The van der Waals surface area contributed by atoms with E-state index < -0.39 is 33.6 Å². The van der Waals surface area contributed by atoms with Crippen molar-refractivity contribution in [2.45, 2.75) is 18.6 Å². The van der Waals surface area contributed by atoms with Crippen molar-refractivity contribution in [3.63, 3.8) is 0 Å². The summed E-state index contributed by atoms with van der Waals surface area (Å²) in [5, 5.41) is -1.41. The van der Waals surface area contributed by atoms with Crippen LogP contribution in [0, 0.1) is 12.7 Å². The molecule has 4 nitrogen and oxygen atoms in total. The van der Waals surface area contributed by atoms with Crippen LogP contribution >= 0.6 is 0 Å². The maximum atomic E-state index is 13.8. The molecule has 1 aliphatic rings. The molecular weight excluding hydrogens is 264 g/mol. The van der Waals surface area contributed by atoms with E-state index in [0.717, 1.165) is 4.90 Å². The smallest absolute Gasteiger partial charge is 0.307 e. The zero-order valence-electron chi connectivity index (χ0n) is 9.56. The summed E-state index contributed by atoms with van der Waals surface area (Å²) in [5.74, 6) is -1.19. The highest BCUT2D eigenvalue weighted by Gasteiger charge is 2.39. The van der Waals surface area contributed by atoms with Crippen LogP contribution in [0.15, 0.2) is 18.2 Å². The number of anilines is 1. The van der Waals surface area contributed by atoms with Crippen molar-refractivity contribution in [3.8, 4) is 0 Å². The van der Waals surface area contributed by atoms with Crippen molar-refractivity contribution in [2.75, 3.05) is 11.4 Å². The maximum absolute atomic E-state index is 13.8. The molecule has 0 aromatic heterocycles. The second kappa shape index (κ2) is 4.31. The lowest BCUT2D eigenvalue weighted by Crippen LogP contribution is -2.27. The number of nitrogens with zero attached hydrogens (tertiary/aromatic N) is 1. The standard InChI is InChI=1S/C11H11F2NO3S/c1-7-3-2-4-9(11(7)12)14-6-8(5-10(14)15)18(13,16)17/h2-4,8H,5-6H2,1H3. The second-order valence-corrected chi connectivity index (χ2v) is 5.83. The third-order valence-electron chi connectivity index (χ3n) is 2.95. The van der Waals surface area contributed by atoms with Crippen molar-refractivity contribution in [1.82, 2.24) is 0 Å². The van der Waals surface area contributed by atoms with Gasteiger partial charge in [-0.2, -0.15) is 8.42 Å². The molecule has 1 atom stereocenters. The van der Waals surface area contributed by atoms with E-state index in [9.17, 15) is 21.5 Å². The Bertz CT molecular complexity index is 600. The Morgan fingerprint density at radius 1 is 1.39 bits per heavy atom. The minimum atomic E-state index is -4.78. The fourth-order valence-corrected chi connectivity index (χ4v) is 2.61. The lowest BCUT2D eigenvalue weighted by molar-refractivity contribution is -0.117. The number of aryl methyl sites for hydroxylation is 1. The van der Waals surface area contributed by atoms with Crippen molar-refractivity contribution >= 4 is 21.8 Å². The fourth-order valence-electron chi connectivity index (χ4n) is 1.94. The molecule has 1 unspecified atom stereocenters. The van der Waals surface area contributed by atoms with Crippen molar-refractivity contribution < 1.29 is 21.5 Å². The zero-order chi connectivity index (χ0) is 13.5. The Balaban J connectivity index is 2.36. The van der Waals surface area contributed by atoms with Gasteiger partial charge < -0.3 is 4.90 Å². The summed E-state index contributed by atoms with van der Waals surface area (Å²) >= 11 is 0. The average Bonchev–Trinajstić information content (AvgIpc) is 2.64. The monoisotopic (exact) mass is 275 g/mol. The van der Waals surface area contributed by atoms with Gasteiger partial charge in [-0.05, 0) is 18.6 Å². The quantitative estimate of drug-likeness (QED) is 0.769. The van der Waals surface area contributed by atoms with E-state index >= 15 is 0 Å². The van der Waals surface area contributed by atoms with Crippen LogP contribution in [0.3, 0.4) is 0 Å². The third kappa shape index (κ3) is 2.22. The van der Waals surface area contributed by atoms with Gasteiger partial charge in [0.1, 0.15) is 11.1 Å². The molecule has 0 bridgehead atoms. The predicted molar refractivity (Wildman–Crippen MR) is 61.9 cm³/mol. The minimum absolute atomic E-state index is 0.00819. The van der Waals surface area contributed by atoms with E-state index in [4.69, 9.17) is 0 Å². The van der Waals surface area contributed by atoms with Gasteiger partial charge in [-0.15, -0.1) is 3.89 Å². The van der Waals surface area contributed by atoms with Gasteiger partial charge in [0.2, 0.25) is 5.91 Å². The average molecular weight is 275 g/mol. The van der Waals surface area contributed by atoms with Crippen LogP contribution in [-0.2, 0) is 15.0 Å². The van der Waals surface area contributed by atoms with Gasteiger partial charge in [0.15, 0.2) is 0 Å². The summed E-state index contributed by atoms with van der Waals surface area (Å²) in [6.45, 7) is 1.18. The van der Waals surface area contributed by atoms with Crippen LogP contribution in [0.2, 0.25) is 0 Å². The van der Waals surface area contributed by atoms with E-state index in [0.29, 0.717) is 5.56 Å². The lowest BCUT2D eigenvalue weighted by atomic mass is 10.2. The van der Waals surface area contributed by atoms with Crippen molar-refractivity contribution in [3.05, 3.63) is 29.6 Å². The molecule has 98 valence electrons. The van der Waals surface area contributed by atoms with Gasteiger partial charge in [-0.25, -0.2) is 4.39 Å². The largest absolute Gasteiger partial charge is 0.308 e. The summed E-state index contributed by atoms with van der Waals surface area (Å²) in [6, 6.07) is 4.45. The molecule has 1 amide bonds. The van der Waals surface area contributed by atoms with Gasteiger partial charge in [-0.1, -0.05) is 12.1 Å². The molecule has 0 spiro atoms. The van der Waals surface area contributed by atoms with E-state index in [1.807, 2.05) is 0 Å². The molecule has 18 heavy (non-hydrogen) atoms.